The number of carbonyl (C=O) groups excluding carboxylic acids is 1. The lowest BCUT2D eigenvalue weighted by atomic mass is 10.1. The molecule has 4 nitrogen and oxygen atoms in total. The summed E-state index contributed by atoms with van der Waals surface area (Å²) in [5.74, 6) is -0.205. The number of hydrogen-bond acceptors (Lipinski definition) is 2. The minimum atomic E-state index is -0.255. The normalized spacial score (nSPS) is 10.5. The number of carbonyl (C=O) groups is 1. The quantitative estimate of drug-likeness (QED) is 0.613. The van der Waals surface area contributed by atoms with Crippen molar-refractivity contribution in [1.29, 1.82) is 0 Å². The molecule has 94 valence electrons. The summed E-state index contributed by atoms with van der Waals surface area (Å²) in [6, 6.07) is 14.1. The van der Waals surface area contributed by atoms with Crippen molar-refractivity contribution in [2.45, 2.75) is 0 Å². The predicted molar refractivity (Wildman–Crippen MR) is 74.4 cm³/mol. The van der Waals surface area contributed by atoms with Gasteiger partial charge in [0.15, 0.2) is 0 Å². The number of para-hydroxylation sites is 3. The fourth-order valence-electron chi connectivity index (χ4n) is 2.04. The van der Waals surface area contributed by atoms with Crippen LogP contribution in [0.3, 0.4) is 0 Å². The van der Waals surface area contributed by atoms with E-state index in [-0.39, 0.29) is 11.7 Å². The van der Waals surface area contributed by atoms with Gasteiger partial charge in [-0.2, -0.15) is 0 Å². The molecule has 0 saturated carbocycles. The summed E-state index contributed by atoms with van der Waals surface area (Å²) in [7, 11) is 0. The van der Waals surface area contributed by atoms with Crippen molar-refractivity contribution in [3.63, 3.8) is 0 Å². The molecule has 1 amide bonds. The van der Waals surface area contributed by atoms with Gasteiger partial charge in [0.05, 0.1) is 16.8 Å². The zero-order valence-electron chi connectivity index (χ0n) is 10.1. The first-order valence-electron chi connectivity index (χ1n) is 5.91. The van der Waals surface area contributed by atoms with E-state index in [1.807, 2.05) is 18.2 Å². The Labute approximate surface area is 109 Å². The fraction of sp³-hybridized carbons (Fsp3) is 0. The number of hydrogen-bond donors (Lipinski definition) is 3. The molecule has 0 fully saturated rings. The maximum Gasteiger partial charge on any atom is 0.257 e. The molecule has 0 unspecified atom stereocenters. The van der Waals surface area contributed by atoms with Crippen LogP contribution in [-0.4, -0.2) is 16.0 Å². The number of H-pyrrole nitrogens is 1. The van der Waals surface area contributed by atoms with E-state index in [1.54, 1.807) is 30.5 Å². The molecule has 1 heterocycles. The van der Waals surface area contributed by atoms with Gasteiger partial charge in [-0.05, 0) is 24.3 Å². The van der Waals surface area contributed by atoms with Crippen molar-refractivity contribution in [1.82, 2.24) is 4.98 Å². The van der Waals surface area contributed by atoms with E-state index in [4.69, 9.17) is 0 Å². The van der Waals surface area contributed by atoms with Crippen LogP contribution in [0.25, 0.3) is 10.9 Å². The molecule has 0 saturated heterocycles. The van der Waals surface area contributed by atoms with Gasteiger partial charge in [0.25, 0.3) is 5.91 Å². The molecule has 3 aromatic rings. The number of rotatable bonds is 2. The molecule has 2 aromatic carbocycles. The topological polar surface area (TPSA) is 65.1 Å². The molecule has 1 aromatic heterocycles. The number of benzene rings is 2. The van der Waals surface area contributed by atoms with Gasteiger partial charge in [-0.15, -0.1) is 0 Å². The van der Waals surface area contributed by atoms with Crippen LogP contribution < -0.4 is 5.32 Å². The Balaban J connectivity index is 1.97. The number of fused-ring (bicyclic) bond motifs is 1. The second-order valence-electron chi connectivity index (χ2n) is 4.22. The second kappa shape index (κ2) is 4.49. The van der Waals surface area contributed by atoms with E-state index >= 15 is 0 Å². The zero-order valence-corrected chi connectivity index (χ0v) is 10.1. The van der Waals surface area contributed by atoms with Crippen LogP contribution in [0.1, 0.15) is 10.4 Å². The van der Waals surface area contributed by atoms with Gasteiger partial charge in [0.2, 0.25) is 0 Å². The number of aromatic nitrogens is 1. The number of phenols is 1. The molecule has 0 aliphatic carbocycles. The first-order chi connectivity index (χ1) is 9.25. The molecule has 0 aliphatic rings. The highest BCUT2D eigenvalue weighted by Gasteiger charge is 2.12. The number of phenolic OH excluding ortho intramolecular Hbond substituents is 1. The minimum Gasteiger partial charge on any atom is -0.506 e. The number of aromatic hydroxyl groups is 1. The van der Waals surface area contributed by atoms with Gasteiger partial charge in [-0.1, -0.05) is 24.3 Å². The summed E-state index contributed by atoms with van der Waals surface area (Å²) in [4.78, 5) is 15.3. The Morgan fingerprint density at radius 1 is 1.05 bits per heavy atom. The molecule has 0 spiro atoms. The molecule has 0 atom stereocenters. The van der Waals surface area contributed by atoms with E-state index < -0.39 is 0 Å². The van der Waals surface area contributed by atoms with Crippen molar-refractivity contribution in [3.8, 4) is 5.75 Å². The molecule has 4 heteroatoms. The van der Waals surface area contributed by atoms with Gasteiger partial charge in [0, 0.05) is 11.6 Å². The minimum absolute atomic E-state index is 0.0505. The van der Waals surface area contributed by atoms with Crippen molar-refractivity contribution < 1.29 is 9.90 Å². The first-order valence-corrected chi connectivity index (χ1v) is 5.91. The van der Waals surface area contributed by atoms with E-state index in [1.165, 1.54) is 6.07 Å². The highest BCUT2D eigenvalue weighted by atomic mass is 16.3. The Morgan fingerprint density at radius 3 is 2.74 bits per heavy atom. The van der Waals surface area contributed by atoms with Crippen LogP contribution in [0.5, 0.6) is 5.75 Å². The maximum atomic E-state index is 12.2. The van der Waals surface area contributed by atoms with Gasteiger partial charge in [-0.25, -0.2) is 0 Å². The average Bonchev–Trinajstić information content (AvgIpc) is 2.89. The Bertz CT molecular complexity index is 746. The summed E-state index contributed by atoms with van der Waals surface area (Å²) in [6.07, 6.45) is 1.79. The lowest BCUT2D eigenvalue weighted by molar-refractivity contribution is 0.102. The summed E-state index contributed by atoms with van der Waals surface area (Å²) in [6.45, 7) is 0. The molecular weight excluding hydrogens is 240 g/mol. The number of nitrogens with one attached hydrogen (secondary N) is 2. The van der Waals surface area contributed by atoms with Crippen LogP contribution in [0, 0.1) is 0 Å². The standard InChI is InChI=1S/C15H12N2O2/c18-13-7-2-1-6-12(13)17-15(19)11-5-3-4-10-8-9-16-14(10)11/h1-9,16,18H,(H,17,19). The summed E-state index contributed by atoms with van der Waals surface area (Å²) < 4.78 is 0. The molecule has 3 N–H and O–H groups in total. The molecule has 3 rings (SSSR count). The van der Waals surface area contributed by atoms with Crippen LogP contribution in [-0.2, 0) is 0 Å². The summed E-state index contributed by atoms with van der Waals surface area (Å²) >= 11 is 0. The van der Waals surface area contributed by atoms with Crippen molar-refractivity contribution >= 4 is 22.5 Å². The van der Waals surface area contributed by atoms with Gasteiger partial charge < -0.3 is 15.4 Å². The second-order valence-corrected chi connectivity index (χ2v) is 4.22. The highest BCUT2D eigenvalue weighted by Crippen LogP contribution is 2.23. The van der Waals surface area contributed by atoms with E-state index in [9.17, 15) is 9.90 Å². The predicted octanol–water partition coefficient (Wildman–Crippen LogP) is 3.13. The average molecular weight is 252 g/mol. The van der Waals surface area contributed by atoms with Crippen molar-refractivity contribution in [3.05, 3.63) is 60.3 Å². The molecule has 0 aliphatic heterocycles. The SMILES string of the molecule is O=C(Nc1ccccc1O)c1cccc2cc[nH]c12. The fourth-order valence-corrected chi connectivity index (χ4v) is 2.04. The number of aromatic amines is 1. The Hall–Kier alpha value is -2.75. The first kappa shape index (κ1) is 11.3. The lowest BCUT2D eigenvalue weighted by Crippen LogP contribution is -2.12. The Morgan fingerprint density at radius 2 is 1.89 bits per heavy atom. The summed E-state index contributed by atoms with van der Waals surface area (Å²) in [5.41, 5.74) is 1.73. The molecular formula is C15H12N2O2. The number of anilines is 1. The van der Waals surface area contributed by atoms with Crippen LogP contribution in [0.2, 0.25) is 0 Å². The van der Waals surface area contributed by atoms with Gasteiger partial charge in [-0.3, -0.25) is 4.79 Å². The molecule has 19 heavy (non-hydrogen) atoms. The lowest BCUT2D eigenvalue weighted by Gasteiger charge is -2.07. The monoisotopic (exact) mass is 252 g/mol. The third-order valence-corrected chi connectivity index (χ3v) is 2.98. The summed E-state index contributed by atoms with van der Waals surface area (Å²) in [5, 5.41) is 13.3. The van der Waals surface area contributed by atoms with Crippen LogP contribution >= 0.6 is 0 Å². The maximum absolute atomic E-state index is 12.2. The third kappa shape index (κ3) is 2.04. The van der Waals surface area contributed by atoms with Crippen LogP contribution in [0.15, 0.2) is 54.7 Å². The highest BCUT2D eigenvalue weighted by molar-refractivity contribution is 6.12. The zero-order chi connectivity index (χ0) is 13.2. The van der Waals surface area contributed by atoms with Gasteiger partial charge >= 0.3 is 0 Å². The van der Waals surface area contributed by atoms with Crippen LogP contribution in [0.4, 0.5) is 5.69 Å². The van der Waals surface area contributed by atoms with Gasteiger partial charge in [0.1, 0.15) is 5.75 Å². The smallest absolute Gasteiger partial charge is 0.257 e. The molecule has 0 radical (unpaired) electrons. The molecule has 0 bridgehead atoms. The largest absolute Gasteiger partial charge is 0.506 e. The van der Waals surface area contributed by atoms with Crippen molar-refractivity contribution in [2.24, 2.45) is 0 Å². The van der Waals surface area contributed by atoms with E-state index in [0.29, 0.717) is 11.3 Å². The van der Waals surface area contributed by atoms with E-state index in [2.05, 4.69) is 10.3 Å². The van der Waals surface area contributed by atoms with E-state index in [0.717, 1.165) is 10.9 Å². The van der Waals surface area contributed by atoms with Crippen molar-refractivity contribution in [2.75, 3.05) is 5.32 Å². The number of amides is 1. The Kier molecular flexibility index (Phi) is 2.68. The third-order valence-electron chi connectivity index (χ3n) is 2.98.